The van der Waals surface area contributed by atoms with Gasteiger partial charge in [-0.25, -0.2) is 4.98 Å². The number of rotatable bonds is 5. The van der Waals surface area contributed by atoms with E-state index < -0.39 is 5.54 Å². The van der Waals surface area contributed by atoms with Gasteiger partial charge in [0.05, 0.1) is 26.6 Å². The molecule has 2 aromatic heterocycles. The van der Waals surface area contributed by atoms with E-state index in [1.54, 1.807) is 0 Å². The number of pyridine rings is 1. The highest BCUT2D eigenvalue weighted by molar-refractivity contribution is 14.1. The molecule has 0 aromatic carbocycles. The third-order valence-electron chi connectivity index (χ3n) is 5.30. The average molecular weight is 470 g/mol. The van der Waals surface area contributed by atoms with Crippen molar-refractivity contribution >= 4 is 45.8 Å². The summed E-state index contributed by atoms with van der Waals surface area (Å²) in [6.45, 7) is 8.11. The van der Waals surface area contributed by atoms with E-state index >= 15 is 0 Å². The van der Waals surface area contributed by atoms with Gasteiger partial charge in [0, 0.05) is 30.1 Å². The van der Waals surface area contributed by atoms with Gasteiger partial charge in [-0.1, -0.05) is 29.5 Å². The Hall–Kier alpha value is -0.800. The fourth-order valence-electron chi connectivity index (χ4n) is 4.01. The first-order chi connectivity index (χ1) is 11.9. The van der Waals surface area contributed by atoms with Crippen LogP contribution in [0.15, 0.2) is 29.4 Å². The third kappa shape index (κ3) is 2.78. The summed E-state index contributed by atoms with van der Waals surface area (Å²) in [4.78, 5) is 18.7. The van der Waals surface area contributed by atoms with Crippen LogP contribution in [0.1, 0.15) is 26.6 Å². The minimum absolute atomic E-state index is 0.109. The zero-order chi connectivity index (χ0) is 17.8. The summed E-state index contributed by atoms with van der Waals surface area (Å²) in [5, 5.41) is 6.63. The molecule has 2 N–H and O–H groups in total. The van der Waals surface area contributed by atoms with Crippen LogP contribution in [0.4, 0.5) is 0 Å². The molecule has 25 heavy (non-hydrogen) atoms. The van der Waals surface area contributed by atoms with E-state index in [1.807, 2.05) is 44.1 Å². The number of hydrogen-bond acceptors (Lipinski definition) is 4. The van der Waals surface area contributed by atoms with Crippen LogP contribution in [0.3, 0.4) is 0 Å². The lowest BCUT2D eigenvalue weighted by Crippen LogP contribution is -2.45. The van der Waals surface area contributed by atoms with Crippen LogP contribution in [0.2, 0.25) is 0 Å². The molecule has 4 rings (SSSR count). The molecule has 2 aromatic rings. The van der Waals surface area contributed by atoms with Gasteiger partial charge < -0.3 is 15.0 Å². The van der Waals surface area contributed by atoms with Crippen LogP contribution in [-0.4, -0.2) is 37.6 Å². The highest BCUT2D eigenvalue weighted by atomic mass is 127. The number of fused-ring (bicyclic) bond motifs is 2. The quantitative estimate of drug-likeness (QED) is 0.401. The van der Waals surface area contributed by atoms with Crippen molar-refractivity contribution in [2.45, 2.75) is 34.6 Å². The first-order valence-corrected chi connectivity index (χ1v) is 10.8. The first kappa shape index (κ1) is 17.6. The first-order valence-electron chi connectivity index (χ1n) is 8.69. The van der Waals surface area contributed by atoms with Crippen LogP contribution in [0.5, 0.6) is 0 Å². The van der Waals surface area contributed by atoms with E-state index in [9.17, 15) is 4.79 Å². The zero-order valence-electron chi connectivity index (χ0n) is 14.7. The van der Waals surface area contributed by atoms with Crippen LogP contribution < -0.4 is 10.6 Å². The number of carbonyl (C=O) groups is 1. The van der Waals surface area contributed by atoms with Crippen LogP contribution >= 0.6 is 34.4 Å². The molecule has 134 valence electrons. The number of nitrogens with one attached hydrogen (secondary N) is 2. The smallest absolute Gasteiger partial charge is 0.225 e. The summed E-state index contributed by atoms with van der Waals surface area (Å²) in [5.41, 5.74) is 0.584. The Kier molecular flexibility index (Phi) is 4.31. The fraction of sp³-hybridized carbons (Fsp3) is 0.556. The topological polar surface area (TPSA) is 58.4 Å². The van der Waals surface area contributed by atoms with Crippen LogP contribution in [0, 0.1) is 11.8 Å². The summed E-state index contributed by atoms with van der Waals surface area (Å²) in [7, 11) is 0. The number of carbonyl (C=O) groups excluding carboxylic acids is 1. The second kappa shape index (κ2) is 6.13. The maximum atomic E-state index is 12.9. The van der Waals surface area contributed by atoms with Gasteiger partial charge in [-0.15, -0.1) is 11.8 Å². The number of halogens is 1. The molecule has 7 heteroatoms. The average Bonchev–Trinajstić information content (AvgIpc) is 2.91. The molecular formula is C18H23IN4OS. The molecule has 1 saturated heterocycles. The Balaban J connectivity index is 1.59. The number of nitrogens with zero attached hydrogens (tertiary/aromatic N) is 2. The van der Waals surface area contributed by atoms with Crippen molar-refractivity contribution in [3.8, 4) is 0 Å². The van der Waals surface area contributed by atoms with Crippen molar-refractivity contribution in [3.63, 3.8) is 0 Å². The summed E-state index contributed by atoms with van der Waals surface area (Å²) in [6.07, 6.45) is 3.94. The van der Waals surface area contributed by atoms with E-state index in [1.165, 1.54) is 4.90 Å². The maximum absolute atomic E-state index is 12.9. The summed E-state index contributed by atoms with van der Waals surface area (Å²) < 4.78 is 2.21. The Morgan fingerprint density at radius 2 is 2.40 bits per heavy atom. The van der Waals surface area contributed by atoms with Gasteiger partial charge in [0.1, 0.15) is 5.82 Å². The van der Waals surface area contributed by atoms with Gasteiger partial charge in [0.2, 0.25) is 5.91 Å². The molecule has 1 saturated carbocycles. The lowest BCUT2D eigenvalue weighted by atomic mass is 10.0. The molecule has 0 radical (unpaired) electrons. The second-order valence-corrected chi connectivity index (χ2v) is 10.7. The van der Waals surface area contributed by atoms with Gasteiger partial charge in [0.25, 0.3) is 0 Å². The number of imidazole rings is 1. The van der Waals surface area contributed by atoms with Gasteiger partial charge in [-0.05, 0) is 31.7 Å². The van der Waals surface area contributed by atoms with Gasteiger partial charge in [0.15, 0.2) is 0 Å². The molecule has 1 aliphatic heterocycles. The third-order valence-corrected chi connectivity index (χ3v) is 8.09. The van der Waals surface area contributed by atoms with E-state index in [-0.39, 0.29) is 15.2 Å². The number of aromatic nitrogens is 2. The predicted octanol–water partition coefficient (Wildman–Crippen LogP) is 2.82. The molecule has 3 atom stereocenters. The Morgan fingerprint density at radius 3 is 3.08 bits per heavy atom. The van der Waals surface area contributed by atoms with E-state index in [4.69, 9.17) is 0 Å². The molecule has 0 bridgehead atoms. The minimum Gasteiger partial charge on any atom is -0.344 e. The highest BCUT2D eigenvalue weighted by Gasteiger charge is 2.69. The fourth-order valence-corrected chi connectivity index (χ4v) is 6.18. The lowest BCUT2D eigenvalue weighted by molar-refractivity contribution is -0.124. The van der Waals surface area contributed by atoms with Crippen molar-refractivity contribution in [2.75, 3.05) is 18.8 Å². The van der Waals surface area contributed by atoms with Crippen molar-refractivity contribution in [1.29, 1.82) is 0 Å². The predicted molar refractivity (Wildman–Crippen MR) is 109 cm³/mol. The number of alkyl halides is 1. The van der Waals surface area contributed by atoms with E-state index in [0.29, 0.717) is 5.92 Å². The Labute approximate surface area is 165 Å². The molecule has 2 aliphatic rings. The molecule has 1 amide bonds. The van der Waals surface area contributed by atoms with Gasteiger partial charge >= 0.3 is 0 Å². The summed E-state index contributed by atoms with van der Waals surface area (Å²) >= 11 is 4.28. The largest absolute Gasteiger partial charge is 0.344 e. The summed E-state index contributed by atoms with van der Waals surface area (Å²) in [5.74, 6) is 2.64. The minimum atomic E-state index is -0.518. The molecule has 0 unspecified atom stereocenters. The SMILES string of the molecule is CCSc1cccn2c(C(C)(C)NC(=O)[C@H]3[C@@H]4CNC[C@@]43I)ncc12. The van der Waals surface area contributed by atoms with Crippen LogP contribution in [0.25, 0.3) is 5.52 Å². The van der Waals surface area contributed by atoms with Crippen molar-refractivity contribution in [1.82, 2.24) is 20.0 Å². The van der Waals surface area contributed by atoms with E-state index in [0.717, 1.165) is 30.2 Å². The van der Waals surface area contributed by atoms with Crippen molar-refractivity contribution in [3.05, 3.63) is 30.4 Å². The molecule has 1 aliphatic carbocycles. The zero-order valence-corrected chi connectivity index (χ0v) is 17.6. The molecule has 3 heterocycles. The second-order valence-electron chi connectivity index (χ2n) is 7.40. The maximum Gasteiger partial charge on any atom is 0.225 e. The van der Waals surface area contributed by atoms with Crippen LogP contribution in [-0.2, 0) is 10.3 Å². The number of piperidine rings is 1. The lowest BCUT2D eigenvalue weighted by Gasteiger charge is -2.26. The van der Waals surface area contributed by atoms with Gasteiger partial charge in [-0.3, -0.25) is 4.79 Å². The summed E-state index contributed by atoms with van der Waals surface area (Å²) in [6, 6.07) is 4.17. The normalized spacial score (nSPS) is 28.2. The highest BCUT2D eigenvalue weighted by Crippen LogP contribution is 2.59. The molecule has 2 fully saturated rings. The Morgan fingerprint density at radius 1 is 1.60 bits per heavy atom. The van der Waals surface area contributed by atoms with E-state index in [2.05, 4.69) is 55.6 Å². The standard InChI is InChI=1S/C18H23IN4OS/c1-4-25-13-6-5-7-23-12(13)9-21-16(23)17(2,3)22-15(24)14-11-8-20-10-18(11,14)19/h5-7,9,11,14,20H,4,8,10H2,1-3H3,(H,22,24)/t11-,14+,18+/m0/s1. The molecule has 5 nitrogen and oxygen atoms in total. The number of hydrogen-bond donors (Lipinski definition) is 2. The number of thioether (sulfide) groups is 1. The molecule has 0 spiro atoms. The van der Waals surface area contributed by atoms with Crippen molar-refractivity contribution in [2.24, 2.45) is 11.8 Å². The molecular weight excluding hydrogens is 447 g/mol. The monoisotopic (exact) mass is 470 g/mol. The Bertz CT molecular complexity index is 836. The van der Waals surface area contributed by atoms with Crippen molar-refractivity contribution < 1.29 is 4.79 Å². The van der Waals surface area contributed by atoms with Gasteiger partial charge in [-0.2, -0.15) is 0 Å². The number of amides is 1.